The van der Waals surface area contributed by atoms with Crippen molar-refractivity contribution < 1.29 is 24.5 Å². The Balaban J connectivity index is 1.75. The highest BCUT2D eigenvalue weighted by atomic mass is 16.5. The number of benzene rings is 4. The van der Waals surface area contributed by atoms with Gasteiger partial charge >= 0.3 is 0 Å². The van der Waals surface area contributed by atoms with Crippen molar-refractivity contribution in [3.8, 4) is 11.5 Å². The van der Waals surface area contributed by atoms with Gasteiger partial charge in [0.1, 0.15) is 24.7 Å². The van der Waals surface area contributed by atoms with E-state index in [1.807, 2.05) is 97.1 Å². The van der Waals surface area contributed by atoms with Crippen LogP contribution >= 0.6 is 0 Å². The lowest BCUT2D eigenvalue weighted by atomic mass is 9.77. The zero-order valence-electron chi connectivity index (χ0n) is 19.7. The zero-order chi connectivity index (χ0) is 24.9. The number of aliphatic hydroxyl groups is 2. The Hall–Kier alpha value is -4.19. The first-order chi connectivity index (χ1) is 17.7. The van der Waals surface area contributed by atoms with Gasteiger partial charge in [-0.1, -0.05) is 72.8 Å². The highest BCUT2D eigenvalue weighted by Gasteiger charge is 2.29. The molecule has 5 heteroatoms. The minimum Gasteiger partial charge on any atom is -0.491 e. The van der Waals surface area contributed by atoms with E-state index in [4.69, 9.17) is 19.7 Å². The van der Waals surface area contributed by atoms with Gasteiger partial charge in [-0.05, 0) is 57.7 Å². The predicted molar refractivity (Wildman–Crippen MR) is 139 cm³/mol. The molecule has 2 N–H and O–H groups in total. The molecule has 0 amide bonds. The molecular formula is C31H26O5. The fraction of sp³-hybridized carbons (Fsp3) is 0.129. The summed E-state index contributed by atoms with van der Waals surface area (Å²) in [7, 11) is 0. The van der Waals surface area contributed by atoms with Crippen LogP contribution in [-0.4, -0.2) is 42.4 Å². The Labute approximate surface area is 209 Å². The van der Waals surface area contributed by atoms with E-state index in [2.05, 4.69) is 0 Å². The smallest absolute Gasteiger partial charge is 0.194 e. The molecule has 36 heavy (non-hydrogen) atoms. The maximum Gasteiger partial charge on any atom is 0.194 e. The van der Waals surface area contributed by atoms with Gasteiger partial charge in [-0.2, -0.15) is 0 Å². The van der Waals surface area contributed by atoms with E-state index >= 15 is 0 Å². The van der Waals surface area contributed by atoms with Crippen molar-refractivity contribution in [2.75, 3.05) is 26.4 Å². The first-order valence-electron chi connectivity index (χ1n) is 11.9. The summed E-state index contributed by atoms with van der Waals surface area (Å²) < 4.78 is 11.1. The van der Waals surface area contributed by atoms with Crippen LogP contribution in [0.15, 0.2) is 97.1 Å². The van der Waals surface area contributed by atoms with Crippen LogP contribution in [0, 0.1) is 0 Å². The molecule has 0 atom stereocenters. The van der Waals surface area contributed by atoms with E-state index < -0.39 is 0 Å². The number of ether oxygens (including phenoxy) is 2. The molecule has 0 heterocycles. The summed E-state index contributed by atoms with van der Waals surface area (Å²) in [6.45, 7) is 0.351. The minimum absolute atomic E-state index is 0.0183. The van der Waals surface area contributed by atoms with E-state index in [1.165, 1.54) is 0 Å². The van der Waals surface area contributed by atoms with Crippen LogP contribution < -0.4 is 9.47 Å². The molecule has 0 unspecified atom stereocenters. The Morgan fingerprint density at radius 2 is 0.944 bits per heavy atom. The Morgan fingerprint density at radius 3 is 1.33 bits per heavy atom. The lowest BCUT2D eigenvalue weighted by molar-refractivity contribution is 0.103. The predicted octanol–water partition coefficient (Wildman–Crippen LogP) is 4.98. The topological polar surface area (TPSA) is 76.0 Å². The van der Waals surface area contributed by atoms with Gasteiger partial charge in [-0.3, -0.25) is 4.79 Å². The molecule has 0 fully saturated rings. The molecule has 0 radical (unpaired) electrons. The molecule has 1 aliphatic rings. The quantitative estimate of drug-likeness (QED) is 0.329. The van der Waals surface area contributed by atoms with E-state index in [9.17, 15) is 4.79 Å². The molecule has 0 saturated carbocycles. The van der Waals surface area contributed by atoms with Crippen LogP contribution in [0.5, 0.6) is 11.5 Å². The summed E-state index contributed by atoms with van der Waals surface area (Å²) in [5.41, 5.74) is 7.01. The Bertz CT molecular complexity index is 1300. The Kier molecular flexibility index (Phi) is 6.94. The van der Waals surface area contributed by atoms with Gasteiger partial charge in [-0.25, -0.2) is 0 Å². The molecule has 5 nitrogen and oxygen atoms in total. The van der Waals surface area contributed by atoms with Gasteiger partial charge in [0.2, 0.25) is 0 Å². The number of aliphatic hydroxyl groups excluding tert-OH is 2. The molecule has 4 aromatic carbocycles. The normalized spacial score (nSPS) is 12.1. The molecule has 4 aromatic rings. The average molecular weight is 479 g/mol. The van der Waals surface area contributed by atoms with Crippen molar-refractivity contribution in [2.24, 2.45) is 0 Å². The van der Waals surface area contributed by atoms with Gasteiger partial charge < -0.3 is 19.7 Å². The SMILES string of the molecule is O=C1c2ccccc2C(=C(c2ccc(OCCO)cc2)c2ccc(OCCO)cc2)c2ccccc21. The maximum atomic E-state index is 13.3. The molecule has 1 aliphatic carbocycles. The van der Waals surface area contributed by atoms with Gasteiger partial charge in [0.05, 0.1) is 13.2 Å². The van der Waals surface area contributed by atoms with Crippen molar-refractivity contribution in [3.63, 3.8) is 0 Å². The molecule has 0 spiro atoms. The third kappa shape index (κ3) is 4.54. The van der Waals surface area contributed by atoms with Crippen molar-refractivity contribution in [1.82, 2.24) is 0 Å². The van der Waals surface area contributed by atoms with Crippen molar-refractivity contribution >= 4 is 16.9 Å². The average Bonchev–Trinajstić information content (AvgIpc) is 2.94. The third-order valence-corrected chi connectivity index (χ3v) is 6.14. The molecule has 0 aromatic heterocycles. The molecule has 180 valence electrons. The lowest BCUT2D eigenvalue weighted by Gasteiger charge is -2.25. The van der Waals surface area contributed by atoms with Crippen LogP contribution in [0.2, 0.25) is 0 Å². The monoisotopic (exact) mass is 478 g/mol. The van der Waals surface area contributed by atoms with Crippen LogP contribution in [-0.2, 0) is 0 Å². The highest BCUT2D eigenvalue weighted by molar-refractivity contribution is 6.22. The van der Waals surface area contributed by atoms with Crippen LogP contribution in [0.3, 0.4) is 0 Å². The summed E-state index contributed by atoms with van der Waals surface area (Å²) in [6, 6.07) is 30.9. The molecule has 0 aliphatic heterocycles. The number of hydrogen-bond donors (Lipinski definition) is 2. The van der Waals surface area contributed by atoms with Crippen LogP contribution in [0.1, 0.15) is 38.2 Å². The number of carbonyl (C=O) groups excluding carboxylic acids is 1. The summed E-state index contributed by atoms with van der Waals surface area (Å²) in [5, 5.41) is 18.2. The molecule has 0 bridgehead atoms. The zero-order valence-corrected chi connectivity index (χ0v) is 19.7. The summed E-state index contributed by atoms with van der Waals surface area (Å²) in [6.07, 6.45) is 0. The van der Waals surface area contributed by atoms with Crippen molar-refractivity contribution in [3.05, 3.63) is 130 Å². The fourth-order valence-electron chi connectivity index (χ4n) is 4.58. The van der Waals surface area contributed by atoms with E-state index in [-0.39, 0.29) is 32.2 Å². The summed E-state index contributed by atoms with van der Waals surface area (Å²) in [5.74, 6) is 1.36. The summed E-state index contributed by atoms with van der Waals surface area (Å²) in [4.78, 5) is 13.3. The standard InChI is InChI=1S/C31H26O5/c32-17-19-35-23-13-9-21(10-14-23)29(22-11-15-24(16-12-22)36-20-18-33)30-25-5-1-3-7-27(25)31(34)28-8-4-2-6-26(28)30/h1-16,32-33H,17-20H2. The number of ketones is 1. The van der Waals surface area contributed by atoms with E-state index in [0.29, 0.717) is 22.6 Å². The largest absolute Gasteiger partial charge is 0.491 e. The van der Waals surface area contributed by atoms with Gasteiger partial charge in [0, 0.05) is 11.1 Å². The highest BCUT2D eigenvalue weighted by Crippen LogP contribution is 2.43. The Morgan fingerprint density at radius 1 is 0.556 bits per heavy atom. The maximum absolute atomic E-state index is 13.3. The number of rotatable bonds is 8. The first-order valence-corrected chi connectivity index (χ1v) is 11.9. The second-order valence-electron chi connectivity index (χ2n) is 8.36. The van der Waals surface area contributed by atoms with Crippen LogP contribution in [0.4, 0.5) is 0 Å². The minimum atomic E-state index is -0.0522. The van der Waals surface area contributed by atoms with Crippen molar-refractivity contribution in [2.45, 2.75) is 0 Å². The molecule has 0 saturated heterocycles. The first kappa shape index (κ1) is 23.5. The third-order valence-electron chi connectivity index (χ3n) is 6.14. The number of fused-ring (bicyclic) bond motifs is 2. The molecule has 5 rings (SSSR count). The van der Waals surface area contributed by atoms with Gasteiger partial charge in [0.15, 0.2) is 5.78 Å². The summed E-state index contributed by atoms with van der Waals surface area (Å²) >= 11 is 0. The lowest BCUT2D eigenvalue weighted by Crippen LogP contribution is -2.15. The van der Waals surface area contributed by atoms with Gasteiger partial charge in [0.25, 0.3) is 0 Å². The van der Waals surface area contributed by atoms with E-state index in [0.717, 1.165) is 33.4 Å². The second-order valence-corrected chi connectivity index (χ2v) is 8.36. The van der Waals surface area contributed by atoms with E-state index in [1.54, 1.807) is 0 Å². The second kappa shape index (κ2) is 10.6. The molecular weight excluding hydrogens is 452 g/mol. The van der Waals surface area contributed by atoms with Crippen LogP contribution in [0.25, 0.3) is 11.1 Å². The fourth-order valence-corrected chi connectivity index (χ4v) is 4.58. The number of hydrogen-bond acceptors (Lipinski definition) is 5. The number of carbonyl (C=O) groups is 1. The van der Waals surface area contributed by atoms with Gasteiger partial charge in [-0.15, -0.1) is 0 Å². The van der Waals surface area contributed by atoms with Crippen molar-refractivity contribution in [1.29, 1.82) is 0 Å².